The minimum Gasteiger partial charge on any atom is -0.464 e. The first-order valence-corrected chi connectivity index (χ1v) is 7.42. The Morgan fingerprint density at radius 2 is 2.11 bits per heavy atom. The van der Waals surface area contributed by atoms with Crippen molar-refractivity contribution < 1.29 is 14.3 Å². The van der Waals surface area contributed by atoms with Gasteiger partial charge in [0.05, 0.1) is 12.5 Å². The Balaban J connectivity index is 2.01. The van der Waals surface area contributed by atoms with Crippen LogP contribution in [0.4, 0.5) is 0 Å². The number of ether oxygens (including phenoxy) is 1. The molecule has 0 aromatic heterocycles. The summed E-state index contributed by atoms with van der Waals surface area (Å²) >= 11 is 0. The molecule has 2 atom stereocenters. The fourth-order valence-electron chi connectivity index (χ4n) is 2.98. The van der Waals surface area contributed by atoms with Crippen LogP contribution < -0.4 is 5.32 Å². The van der Waals surface area contributed by atoms with Crippen molar-refractivity contribution in [3.8, 4) is 0 Å². The van der Waals surface area contributed by atoms with E-state index in [1.807, 2.05) is 0 Å². The highest BCUT2D eigenvalue weighted by atomic mass is 16.5. The average Bonchev–Trinajstić information content (AvgIpc) is 2.47. The lowest BCUT2D eigenvalue weighted by Gasteiger charge is -2.37. The van der Waals surface area contributed by atoms with Crippen LogP contribution in [-0.2, 0) is 14.3 Å². The molecule has 2 heterocycles. The largest absolute Gasteiger partial charge is 0.464 e. The van der Waals surface area contributed by atoms with Crippen molar-refractivity contribution in [1.29, 1.82) is 0 Å². The predicted octanol–water partition coefficient (Wildman–Crippen LogP) is 0.930. The van der Waals surface area contributed by atoms with Gasteiger partial charge in [0.25, 0.3) is 0 Å². The first-order chi connectivity index (χ1) is 9.24. The smallest absolute Gasteiger partial charge is 0.328 e. The number of nitrogens with one attached hydrogen (secondary N) is 1. The zero-order chi connectivity index (χ0) is 13.7. The maximum atomic E-state index is 12.6. The van der Waals surface area contributed by atoms with Gasteiger partial charge in [0.2, 0.25) is 5.91 Å². The number of esters is 1. The van der Waals surface area contributed by atoms with Crippen LogP contribution in [0.15, 0.2) is 0 Å². The Morgan fingerprint density at radius 3 is 2.79 bits per heavy atom. The molecule has 0 aromatic carbocycles. The van der Waals surface area contributed by atoms with Gasteiger partial charge in [-0.3, -0.25) is 4.79 Å². The maximum absolute atomic E-state index is 12.6. The summed E-state index contributed by atoms with van der Waals surface area (Å²) in [5.74, 6) is -0.0759. The Bertz CT molecular complexity index is 327. The van der Waals surface area contributed by atoms with Crippen LogP contribution >= 0.6 is 0 Å². The second-order valence-corrected chi connectivity index (χ2v) is 5.34. The van der Waals surface area contributed by atoms with E-state index in [2.05, 4.69) is 5.32 Å². The average molecular weight is 268 g/mol. The summed E-state index contributed by atoms with van der Waals surface area (Å²) in [6, 6.07) is -0.358. The summed E-state index contributed by atoms with van der Waals surface area (Å²) in [7, 11) is 0. The van der Waals surface area contributed by atoms with Gasteiger partial charge in [-0.05, 0) is 45.6 Å². The van der Waals surface area contributed by atoms with E-state index in [9.17, 15) is 9.59 Å². The number of carbonyl (C=O) groups excluding carboxylic acids is 2. The van der Waals surface area contributed by atoms with Gasteiger partial charge < -0.3 is 15.0 Å². The number of hydrogen-bond acceptors (Lipinski definition) is 4. The minimum atomic E-state index is -0.358. The number of amides is 1. The Morgan fingerprint density at radius 1 is 1.26 bits per heavy atom. The van der Waals surface area contributed by atoms with E-state index in [1.165, 1.54) is 0 Å². The first-order valence-electron chi connectivity index (χ1n) is 7.42. The molecule has 1 unspecified atom stereocenters. The molecule has 2 saturated heterocycles. The van der Waals surface area contributed by atoms with E-state index in [1.54, 1.807) is 11.8 Å². The first kappa shape index (κ1) is 14.3. The van der Waals surface area contributed by atoms with E-state index >= 15 is 0 Å². The van der Waals surface area contributed by atoms with E-state index in [-0.39, 0.29) is 23.8 Å². The molecule has 5 heteroatoms. The lowest BCUT2D eigenvalue weighted by molar-refractivity contribution is -0.158. The molecule has 1 amide bonds. The summed E-state index contributed by atoms with van der Waals surface area (Å²) in [5, 5.41) is 3.26. The van der Waals surface area contributed by atoms with Gasteiger partial charge in [-0.1, -0.05) is 0 Å². The molecule has 2 aliphatic rings. The molecule has 0 aliphatic carbocycles. The topological polar surface area (TPSA) is 58.6 Å². The summed E-state index contributed by atoms with van der Waals surface area (Å²) in [5.41, 5.74) is 0. The number of piperidine rings is 2. The molecule has 1 N–H and O–H groups in total. The highest BCUT2D eigenvalue weighted by molar-refractivity contribution is 5.86. The van der Waals surface area contributed by atoms with Gasteiger partial charge >= 0.3 is 5.97 Å². The number of rotatable bonds is 3. The molecule has 2 aliphatic heterocycles. The molecule has 5 nitrogen and oxygen atoms in total. The third kappa shape index (κ3) is 3.47. The zero-order valence-corrected chi connectivity index (χ0v) is 11.7. The molecular weight excluding hydrogens is 244 g/mol. The van der Waals surface area contributed by atoms with E-state index < -0.39 is 0 Å². The third-order valence-corrected chi connectivity index (χ3v) is 3.99. The normalized spacial score (nSPS) is 27.9. The zero-order valence-electron chi connectivity index (χ0n) is 11.7. The van der Waals surface area contributed by atoms with Crippen LogP contribution in [0, 0.1) is 5.92 Å². The standard InChI is InChI=1S/C14H24N2O3/c1-2-19-14(18)12-7-3-4-9-16(12)13(17)11-6-5-8-15-10-11/h11-12,15H,2-10H2,1H3/t11-,12?/m1/s1. The van der Waals surface area contributed by atoms with Gasteiger partial charge in [-0.2, -0.15) is 0 Å². The Hall–Kier alpha value is -1.10. The van der Waals surface area contributed by atoms with Crippen molar-refractivity contribution in [1.82, 2.24) is 10.2 Å². The summed E-state index contributed by atoms with van der Waals surface area (Å²) < 4.78 is 5.10. The Kier molecular flexibility index (Phi) is 5.19. The van der Waals surface area contributed by atoms with Crippen LogP contribution in [0.1, 0.15) is 39.0 Å². The summed E-state index contributed by atoms with van der Waals surface area (Å²) in [6.07, 6.45) is 4.69. The fourth-order valence-corrected chi connectivity index (χ4v) is 2.98. The van der Waals surface area contributed by atoms with E-state index in [0.717, 1.165) is 45.2 Å². The van der Waals surface area contributed by atoms with Crippen molar-refractivity contribution in [3.05, 3.63) is 0 Å². The number of hydrogen-bond donors (Lipinski definition) is 1. The van der Waals surface area contributed by atoms with Crippen LogP contribution in [0.25, 0.3) is 0 Å². The lowest BCUT2D eigenvalue weighted by atomic mass is 9.94. The van der Waals surface area contributed by atoms with Gasteiger partial charge in [0.15, 0.2) is 0 Å². The number of likely N-dealkylation sites (tertiary alicyclic amines) is 1. The summed E-state index contributed by atoms with van der Waals surface area (Å²) in [4.78, 5) is 26.3. The number of nitrogens with zero attached hydrogens (tertiary/aromatic N) is 1. The van der Waals surface area contributed by atoms with Gasteiger partial charge in [-0.25, -0.2) is 4.79 Å². The second kappa shape index (κ2) is 6.89. The van der Waals surface area contributed by atoms with Crippen LogP contribution in [0.2, 0.25) is 0 Å². The van der Waals surface area contributed by atoms with Gasteiger partial charge in [-0.15, -0.1) is 0 Å². The molecule has 0 bridgehead atoms. The molecule has 2 rings (SSSR count). The van der Waals surface area contributed by atoms with Gasteiger partial charge in [0.1, 0.15) is 6.04 Å². The van der Waals surface area contributed by atoms with Crippen LogP contribution in [0.3, 0.4) is 0 Å². The van der Waals surface area contributed by atoms with Gasteiger partial charge in [0, 0.05) is 13.1 Å². The summed E-state index contributed by atoms with van der Waals surface area (Å²) in [6.45, 7) is 4.61. The van der Waals surface area contributed by atoms with E-state index in [4.69, 9.17) is 4.74 Å². The molecule has 0 saturated carbocycles. The lowest BCUT2D eigenvalue weighted by Crippen LogP contribution is -2.52. The Labute approximate surface area is 114 Å². The van der Waals surface area contributed by atoms with Crippen LogP contribution in [0.5, 0.6) is 0 Å². The molecule has 0 aromatic rings. The van der Waals surface area contributed by atoms with Crippen molar-refractivity contribution in [3.63, 3.8) is 0 Å². The second-order valence-electron chi connectivity index (χ2n) is 5.34. The van der Waals surface area contributed by atoms with E-state index in [0.29, 0.717) is 13.2 Å². The monoisotopic (exact) mass is 268 g/mol. The quantitative estimate of drug-likeness (QED) is 0.774. The molecular formula is C14H24N2O3. The molecule has 2 fully saturated rings. The highest BCUT2D eigenvalue weighted by Gasteiger charge is 2.36. The predicted molar refractivity (Wildman–Crippen MR) is 71.6 cm³/mol. The molecule has 108 valence electrons. The van der Waals surface area contributed by atoms with Crippen molar-refractivity contribution in [2.75, 3.05) is 26.2 Å². The van der Waals surface area contributed by atoms with Crippen LogP contribution in [-0.4, -0.2) is 49.1 Å². The SMILES string of the molecule is CCOC(=O)C1CCCCN1C(=O)[C@@H]1CCCNC1. The minimum absolute atomic E-state index is 0.0313. The third-order valence-electron chi connectivity index (χ3n) is 3.99. The fraction of sp³-hybridized carbons (Fsp3) is 0.857. The maximum Gasteiger partial charge on any atom is 0.328 e. The van der Waals surface area contributed by atoms with Crippen molar-refractivity contribution in [2.24, 2.45) is 5.92 Å². The molecule has 0 radical (unpaired) electrons. The highest BCUT2D eigenvalue weighted by Crippen LogP contribution is 2.23. The number of carbonyl (C=O) groups is 2. The molecule has 19 heavy (non-hydrogen) atoms. The van der Waals surface area contributed by atoms with Crippen molar-refractivity contribution in [2.45, 2.75) is 45.1 Å². The molecule has 0 spiro atoms. The van der Waals surface area contributed by atoms with Crippen molar-refractivity contribution >= 4 is 11.9 Å².